The fourth-order valence-electron chi connectivity index (χ4n) is 2.77. The van der Waals surface area contributed by atoms with Gasteiger partial charge >= 0.3 is 29.6 Å². The first kappa shape index (κ1) is 16.9. The molecule has 0 aromatic rings. The minimum absolute atomic E-state index is 0. The normalized spacial score (nSPS) is 35.9. The van der Waals surface area contributed by atoms with E-state index in [-0.39, 0.29) is 29.6 Å². The van der Waals surface area contributed by atoms with Crippen molar-refractivity contribution in [3.8, 4) is 0 Å². The molecule has 1 amide bonds. The molecule has 2 saturated heterocycles. The quantitative estimate of drug-likeness (QED) is 0.402. The third kappa shape index (κ3) is 1.88. The summed E-state index contributed by atoms with van der Waals surface area (Å²) in [4.78, 5) is 23.7. The maximum atomic E-state index is 12.3. The van der Waals surface area contributed by atoms with Gasteiger partial charge in [-0.15, -0.1) is 0 Å². The molecule has 2 aliphatic heterocycles. The number of hydrogen-bond donors (Lipinski definition) is 1. The summed E-state index contributed by atoms with van der Waals surface area (Å²) in [6.45, 7) is 3.83. The third-order valence-electron chi connectivity index (χ3n) is 3.85. The van der Waals surface area contributed by atoms with Gasteiger partial charge in [-0.05, 0) is 20.8 Å². The number of sulfone groups is 1. The van der Waals surface area contributed by atoms with Crippen LogP contribution in [0.4, 0.5) is 0 Å². The van der Waals surface area contributed by atoms with Crippen LogP contribution in [0.15, 0.2) is 0 Å². The minimum atomic E-state index is -3.86. The average Bonchev–Trinajstić information content (AvgIpc) is 2.31. The van der Waals surface area contributed by atoms with Crippen molar-refractivity contribution >= 4 is 21.7 Å². The van der Waals surface area contributed by atoms with Crippen molar-refractivity contribution in [2.75, 3.05) is 0 Å². The van der Waals surface area contributed by atoms with Gasteiger partial charge in [0, 0.05) is 0 Å². The summed E-state index contributed by atoms with van der Waals surface area (Å²) in [5.41, 5.74) is 0. The maximum Gasteiger partial charge on any atom is 1.00 e. The number of carboxylic acid groups (broad SMARTS) is 1. The zero-order chi connectivity index (χ0) is 14.0. The van der Waals surface area contributed by atoms with Crippen molar-refractivity contribution in [2.24, 2.45) is 5.92 Å². The zero-order valence-corrected chi connectivity index (χ0v) is 14.0. The van der Waals surface area contributed by atoms with E-state index in [0.29, 0.717) is 0 Å². The number of fused-ring (bicyclic) bond motifs is 1. The molecule has 102 valence electrons. The van der Waals surface area contributed by atoms with Crippen molar-refractivity contribution in [3.05, 3.63) is 0 Å². The second-order valence-electron chi connectivity index (χ2n) is 5.27. The average molecular weight is 299 g/mol. The molecule has 2 fully saturated rings. The predicted octanol–water partition coefficient (Wildman–Crippen LogP) is -5.52. The molecule has 0 aromatic carbocycles. The topological polar surface area (TPSA) is 115 Å². The van der Waals surface area contributed by atoms with Crippen LogP contribution in [-0.2, 0) is 19.4 Å². The summed E-state index contributed by atoms with van der Waals surface area (Å²) in [5.74, 6) is -3.33. The van der Waals surface area contributed by atoms with Crippen molar-refractivity contribution in [2.45, 2.75) is 43.0 Å². The Kier molecular flexibility index (Phi) is 4.18. The zero-order valence-electron chi connectivity index (χ0n) is 11.2. The van der Waals surface area contributed by atoms with Gasteiger partial charge in [0.1, 0.15) is 5.37 Å². The number of aliphatic hydroxyl groups is 1. The molecule has 0 saturated carbocycles. The van der Waals surface area contributed by atoms with E-state index in [0.717, 1.165) is 4.90 Å². The van der Waals surface area contributed by atoms with Gasteiger partial charge in [0.15, 0.2) is 9.84 Å². The Bertz CT molecular complexity index is 528. The van der Waals surface area contributed by atoms with E-state index in [1.165, 1.54) is 20.8 Å². The van der Waals surface area contributed by atoms with E-state index < -0.39 is 49.9 Å². The Morgan fingerprint density at radius 1 is 1.47 bits per heavy atom. The number of carbonyl (C=O) groups excluding carboxylic acids is 2. The summed E-state index contributed by atoms with van der Waals surface area (Å²) in [7, 11) is -3.86. The van der Waals surface area contributed by atoms with Gasteiger partial charge in [-0.3, -0.25) is 4.79 Å². The molecule has 9 heteroatoms. The smallest absolute Gasteiger partial charge is 0.548 e. The molecule has 0 unspecified atom stereocenters. The Hall–Kier alpha value is -0.150. The summed E-state index contributed by atoms with van der Waals surface area (Å²) in [6, 6.07) is -1.50. The van der Waals surface area contributed by atoms with Gasteiger partial charge in [0.05, 0.1) is 28.8 Å². The van der Waals surface area contributed by atoms with Crippen molar-refractivity contribution in [1.82, 2.24) is 4.90 Å². The van der Waals surface area contributed by atoms with E-state index in [1.54, 1.807) is 0 Å². The van der Waals surface area contributed by atoms with Crippen molar-refractivity contribution in [1.29, 1.82) is 0 Å². The van der Waals surface area contributed by atoms with Gasteiger partial charge in [-0.25, -0.2) is 8.42 Å². The van der Waals surface area contributed by atoms with Crippen LogP contribution in [0, 0.1) is 5.92 Å². The number of aliphatic hydroxyl groups excluding tert-OH is 1. The first-order valence-corrected chi connectivity index (χ1v) is 7.04. The summed E-state index contributed by atoms with van der Waals surface area (Å²) in [5, 5.41) is 19.3. The van der Waals surface area contributed by atoms with Gasteiger partial charge < -0.3 is 19.9 Å². The summed E-state index contributed by atoms with van der Waals surface area (Å²) in [6.07, 6.45) is -1.13. The third-order valence-corrected chi connectivity index (χ3v) is 6.70. The fourth-order valence-corrected chi connectivity index (χ4v) is 5.17. The number of rotatable bonds is 2. The Labute approximate surface area is 133 Å². The van der Waals surface area contributed by atoms with Crippen LogP contribution in [0.5, 0.6) is 0 Å². The molecule has 4 atom stereocenters. The molecule has 2 heterocycles. The van der Waals surface area contributed by atoms with Crippen molar-refractivity contribution < 1.29 is 57.8 Å². The van der Waals surface area contributed by atoms with Crippen LogP contribution < -0.4 is 34.7 Å². The molecule has 0 aromatic heterocycles. The SMILES string of the molecule is C[C@H](O)[C@H]1C(=O)N2[C@@H](C(=O)[O-])C(C)(C)S(=O)(=O)[C@H]12.[Na+]. The van der Waals surface area contributed by atoms with E-state index >= 15 is 0 Å². The molecule has 0 bridgehead atoms. The van der Waals surface area contributed by atoms with E-state index in [2.05, 4.69) is 0 Å². The largest absolute Gasteiger partial charge is 1.00 e. The monoisotopic (exact) mass is 299 g/mol. The molecule has 0 aliphatic carbocycles. The van der Waals surface area contributed by atoms with Crippen LogP contribution in [0.3, 0.4) is 0 Å². The number of nitrogens with zero attached hydrogens (tertiary/aromatic N) is 1. The molecule has 0 spiro atoms. The number of carbonyl (C=O) groups is 2. The fraction of sp³-hybridized carbons (Fsp3) is 0.800. The number of hydrogen-bond acceptors (Lipinski definition) is 6. The van der Waals surface area contributed by atoms with Crippen LogP contribution in [0.25, 0.3) is 0 Å². The first-order valence-electron chi connectivity index (χ1n) is 5.49. The number of β-lactam (4-membered cyclic amide) rings is 1. The van der Waals surface area contributed by atoms with Crippen molar-refractivity contribution in [3.63, 3.8) is 0 Å². The second-order valence-corrected chi connectivity index (χ2v) is 7.90. The van der Waals surface area contributed by atoms with E-state index in [9.17, 15) is 28.2 Å². The minimum Gasteiger partial charge on any atom is -0.548 e. The Balaban J connectivity index is 0.00000180. The van der Waals surface area contributed by atoms with Gasteiger partial charge in [0.2, 0.25) is 5.91 Å². The molecule has 2 rings (SSSR count). The van der Waals surface area contributed by atoms with Crippen LogP contribution in [-0.4, -0.2) is 52.6 Å². The van der Waals surface area contributed by atoms with Gasteiger partial charge in [-0.2, -0.15) is 0 Å². The molecular weight excluding hydrogens is 285 g/mol. The van der Waals surface area contributed by atoms with E-state index in [1.807, 2.05) is 0 Å². The molecular formula is C10H14NNaO6S. The Morgan fingerprint density at radius 3 is 2.32 bits per heavy atom. The summed E-state index contributed by atoms with van der Waals surface area (Å²) < 4.78 is 22.9. The van der Waals surface area contributed by atoms with Crippen LogP contribution in [0.2, 0.25) is 0 Å². The van der Waals surface area contributed by atoms with Crippen LogP contribution >= 0.6 is 0 Å². The predicted molar refractivity (Wildman–Crippen MR) is 57.6 cm³/mol. The standard InChI is InChI=1S/C10H15NO6S.Na/c1-4(12)5-7(13)11-6(9(14)15)10(2,3)18(16,17)8(5)11;/h4-6,8,12H,1-3H3,(H,14,15);/q;+1/p-1/t4-,5-,6-,8+;/m0./s1. The van der Waals surface area contributed by atoms with E-state index in [4.69, 9.17) is 0 Å². The van der Waals surface area contributed by atoms with Gasteiger partial charge in [-0.1, -0.05) is 0 Å². The first-order chi connectivity index (χ1) is 8.05. The molecule has 0 radical (unpaired) electrons. The maximum absolute atomic E-state index is 12.3. The number of carboxylic acids is 1. The molecule has 2 aliphatic rings. The molecule has 7 nitrogen and oxygen atoms in total. The molecule has 19 heavy (non-hydrogen) atoms. The Morgan fingerprint density at radius 2 is 1.95 bits per heavy atom. The van der Waals surface area contributed by atoms with Crippen LogP contribution in [0.1, 0.15) is 20.8 Å². The number of amides is 1. The summed E-state index contributed by atoms with van der Waals surface area (Å²) >= 11 is 0. The second kappa shape index (κ2) is 4.70. The number of aliphatic carboxylic acids is 1. The molecule has 1 N–H and O–H groups in total. The van der Waals surface area contributed by atoms with Gasteiger partial charge in [0.25, 0.3) is 0 Å².